The summed E-state index contributed by atoms with van der Waals surface area (Å²) in [6.45, 7) is 3.92. The minimum absolute atomic E-state index is 0.165. The molecule has 0 saturated heterocycles. The molecule has 0 bridgehead atoms. The van der Waals surface area contributed by atoms with Crippen molar-refractivity contribution in [2.24, 2.45) is 0 Å². The minimum Gasteiger partial charge on any atom is -0.478 e. The molecule has 2 aromatic carbocycles. The number of hydrogen-bond donors (Lipinski definition) is 3. The molecular weight excluding hydrogens is 418 g/mol. The third-order valence-corrected chi connectivity index (χ3v) is 5.45. The maximum Gasteiger partial charge on any atom is 0.337 e. The number of aryl methyl sites for hydroxylation is 2. The largest absolute Gasteiger partial charge is 0.478 e. The molecule has 0 fully saturated rings. The van der Waals surface area contributed by atoms with Crippen molar-refractivity contribution in [2.45, 2.75) is 13.8 Å². The third-order valence-electron chi connectivity index (χ3n) is 5.45. The molecule has 3 heterocycles. The lowest BCUT2D eigenvalue weighted by Crippen LogP contribution is -2.08. The zero-order valence-electron chi connectivity index (χ0n) is 18.0. The number of para-hydroxylation sites is 2. The summed E-state index contributed by atoms with van der Waals surface area (Å²) in [6.07, 6.45) is 1.83. The Labute approximate surface area is 189 Å². The monoisotopic (exact) mass is 439 g/mol. The van der Waals surface area contributed by atoms with Gasteiger partial charge in [-0.05, 0) is 49.7 Å². The predicted octanol–water partition coefficient (Wildman–Crippen LogP) is 4.22. The third kappa shape index (κ3) is 3.55. The van der Waals surface area contributed by atoms with Crippen LogP contribution in [0.15, 0.2) is 66.9 Å². The normalized spacial score (nSPS) is 11.1. The van der Waals surface area contributed by atoms with Crippen molar-refractivity contribution < 1.29 is 9.90 Å². The highest BCUT2D eigenvalue weighted by atomic mass is 16.4. The summed E-state index contributed by atoms with van der Waals surface area (Å²) < 4.78 is 3.42. The fraction of sp³-hybridized carbons (Fsp3) is 0.0833. The number of benzene rings is 2. The van der Waals surface area contributed by atoms with E-state index in [4.69, 9.17) is 10.8 Å². The fourth-order valence-electron chi connectivity index (χ4n) is 3.92. The Bertz CT molecular complexity index is 1520. The first-order chi connectivity index (χ1) is 15.9. The number of nitrogens with one attached hydrogen (secondary N) is 1. The van der Waals surface area contributed by atoms with Gasteiger partial charge in [0.2, 0.25) is 5.95 Å². The van der Waals surface area contributed by atoms with Crippen LogP contribution in [0.1, 0.15) is 21.6 Å². The van der Waals surface area contributed by atoms with Crippen molar-refractivity contribution in [3.63, 3.8) is 0 Å². The first kappa shape index (κ1) is 20.3. The van der Waals surface area contributed by atoms with Gasteiger partial charge in [-0.25, -0.2) is 14.0 Å². The lowest BCUT2D eigenvalue weighted by molar-refractivity contribution is 0.0698. The molecule has 3 aromatic heterocycles. The van der Waals surface area contributed by atoms with E-state index in [2.05, 4.69) is 15.4 Å². The summed E-state index contributed by atoms with van der Waals surface area (Å²) in [5.74, 6) is -0.186. The standard InChI is InChI=1S/C24H21N7O2/c1-14-7-3-6-10-19(14)31-22(26-18-9-5-4-8-17(18)23(32)33)21(15(2)28-31)16-11-12-20-27-24(25)29-30(20)13-16/h3-13,26H,1-2H3,(H2,25,29)(H,32,33). The molecule has 9 nitrogen and oxygen atoms in total. The van der Waals surface area contributed by atoms with Gasteiger partial charge < -0.3 is 16.2 Å². The molecule has 9 heteroatoms. The Morgan fingerprint density at radius 2 is 1.76 bits per heavy atom. The van der Waals surface area contributed by atoms with Crippen LogP contribution in [0.5, 0.6) is 0 Å². The highest BCUT2D eigenvalue weighted by Gasteiger charge is 2.22. The second-order valence-corrected chi connectivity index (χ2v) is 7.67. The number of nitrogens with zero attached hydrogens (tertiary/aromatic N) is 5. The summed E-state index contributed by atoms with van der Waals surface area (Å²) in [5, 5.41) is 22.1. The van der Waals surface area contributed by atoms with Crippen LogP contribution in [0.4, 0.5) is 17.5 Å². The van der Waals surface area contributed by atoms with E-state index in [1.807, 2.05) is 56.4 Å². The van der Waals surface area contributed by atoms with Gasteiger partial charge in [0.05, 0.1) is 22.6 Å². The Hall–Kier alpha value is -4.66. The molecule has 0 aliphatic rings. The molecule has 4 N–H and O–H groups in total. The van der Waals surface area contributed by atoms with Gasteiger partial charge in [-0.15, -0.1) is 5.10 Å². The molecule has 0 aliphatic carbocycles. The van der Waals surface area contributed by atoms with Crippen LogP contribution in [0.25, 0.3) is 22.5 Å². The topological polar surface area (TPSA) is 123 Å². The van der Waals surface area contributed by atoms with Crippen LogP contribution >= 0.6 is 0 Å². The summed E-state index contributed by atoms with van der Waals surface area (Å²) in [5.41, 5.74) is 11.3. The van der Waals surface area contributed by atoms with Gasteiger partial charge in [0.25, 0.3) is 0 Å². The SMILES string of the molecule is Cc1ccccc1-n1nc(C)c(-c2ccc3nc(N)nn3c2)c1Nc1ccccc1C(=O)O. The van der Waals surface area contributed by atoms with E-state index in [1.165, 1.54) is 0 Å². The number of aromatic nitrogens is 5. The highest BCUT2D eigenvalue weighted by molar-refractivity contribution is 5.96. The molecule has 5 rings (SSSR count). The lowest BCUT2D eigenvalue weighted by Gasteiger charge is -2.15. The number of aromatic carboxylic acids is 1. The van der Waals surface area contributed by atoms with E-state index in [0.29, 0.717) is 17.2 Å². The number of carbonyl (C=O) groups is 1. The second kappa shape index (κ2) is 7.79. The molecule has 0 unspecified atom stereocenters. The molecule has 0 amide bonds. The molecule has 164 valence electrons. The minimum atomic E-state index is -1.02. The van der Waals surface area contributed by atoms with Gasteiger partial charge in [0.1, 0.15) is 5.82 Å². The van der Waals surface area contributed by atoms with Crippen LogP contribution in [0.3, 0.4) is 0 Å². The first-order valence-electron chi connectivity index (χ1n) is 10.3. The van der Waals surface area contributed by atoms with Crippen molar-refractivity contribution in [3.05, 3.63) is 83.7 Å². The van der Waals surface area contributed by atoms with Gasteiger partial charge in [0, 0.05) is 17.3 Å². The highest BCUT2D eigenvalue weighted by Crippen LogP contribution is 2.36. The van der Waals surface area contributed by atoms with Crippen LogP contribution < -0.4 is 11.1 Å². The molecule has 33 heavy (non-hydrogen) atoms. The maximum absolute atomic E-state index is 11.8. The zero-order chi connectivity index (χ0) is 23.1. The van der Waals surface area contributed by atoms with E-state index in [-0.39, 0.29) is 11.5 Å². The van der Waals surface area contributed by atoms with Gasteiger partial charge in [-0.1, -0.05) is 30.3 Å². The number of pyridine rings is 1. The van der Waals surface area contributed by atoms with Crippen molar-refractivity contribution in [1.82, 2.24) is 24.4 Å². The molecule has 5 aromatic rings. The summed E-state index contributed by atoms with van der Waals surface area (Å²) in [6, 6.07) is 18.4. The van der Waals surface area contributed by atoms with Crippen molar-refractivity contribution in [3.8, 4) is 16.8 Å². The van der Waals surface area contributed by atoms with Crippen LogP contribution in [-0.4, -0.2) is 35.5 Å². The van der Waals surface area contributed by atoms with Crippen molar-refractivity contribution in [1.29, 1.82) is 0 Å². The first-order valence-corrected chi connectivity index (χ1v) is 10.3. The number of carboxylic acids is 1. The Morgan fingerprint density at radius 3 is 2.55 bits per heavy atom. The summed E-state index contributed by atoms with van der Waals surface area (Å²) in [7, 11) is 0. The zero-order valence-corrected chi connectivity index (χ0v) is 18.0. The Morgan fingerprint density at radius 1 is 1.00 bits per heavy atom. The Kier molecular flexibility index (Phi) is 4.78. The van der Waals surface area contributed by atoms with Gasteiger partial charge >= 0.3 is 5.97 Å². The molecular formula is C24H21N7O2. The molecule has 0 spiro atoms. The van der Waals surface area contributed by atoms with Crippen LogP contribution in [0.2, 0.25) is 0 Å². The van der Waals surface area contributed by atoms with Gasteiger partial charge in [0.15, 0.2) is 5.65 Å². The number of nitrogens with two attached hydrogens (primary N) is 1. The van der Waals surface area contributed by atoms with Crippen LogP contribution in [-0.2, 0) is 0 Å². The number of rotatable bonds is 5. The number of fused-ring (bicyclic) bond motifs is 1. The van der Waals surface area contributed by atoms with E-state index in [0.717, 1.165) is 28.1 Å². The summed E-state index contributed by atoms with van der Waals surface area (Å²) >= 11 is 0. The number of anilines is 3. The second-order valence-electron chi connectivity index (χ2n) is 7.67. The fourth-order valence-corrected chi connectivity index (χ4v) is 3.92. The van der Waals surface area contributed by atoms with E-state index >= 15 is 0 Å². The number of hydrogen-bond acceptors (Lipinski definition) is 6. The van der Waals surface area contributed by atoms with Crippen molar-refractivity contribution >= 4 is 29.1 Å². The van der Waals surface area contributed by atoms with E-state index < -0.39 is 5.97 Å². The predicted molar refractivity (Wildman–Crippen MR) is 126 cm³/mol. The van der Waals surface area contributed by atoms with Gasteiger partial charge in [-0.2, -0.15) is 10.1 Å². The smallest absolute Gasteiger partial charge is 0.337 e. The molecule has 0 atom stereocenters. The van der Waals surface area contributed by atoms with Gasteiger partial charge in [-0.3, -0.25) is 0 Å². The summed E-state index contributed by atoms with van der Waals surface area (Å²) in [4.78, 5) is 16.0. The maximum atomic E-state index is 11.8. The number of carboxylic acid groups (broad SMARTS) is 1. The molecule has 0 aliphatic heterocycles. The molecule has 0 radical (unpaired) electrons. The quantitative estimate of drug-likeness (QED) is 0.374. The van der Waals surface area contributed by atoms with Crippen LogP contribution in [0, 0.1) is 13.8 Å². The lowest BCUT2D eigenvalue weighted by atomic mass is 10.1. The average molecular weight is 439 g/mol. The Balaban J connectivity index is 1.75. The van der Waals surface area contributed by atoms with Crippen molar-refractivity contribution in [2.75, 3.05) is 11.1 Å². The number of nitrogen functional groups attached to an aromatic ring is 1. The molecule has 0 saturated carbocycles. The van der Waals surface area contributed by atoms with E-state index in [9.17, 15) is 9.90 Å². The average Bonchev–Trinajstić information content (AvgIpc) is 3.32. The van der Waals surface area contributed by atoms with E-state index in [1.54, 1.807) is 33.5 Å².